The summed E-state index contributed by atoms with van der Waals surface area (Å²) in [5.41, 5.74) is 7.66. The molecule has 3 rings (SSSR count). The van der Waals surface area contributed by atoms with E-state index in [9.17, 15) is 0 Å². The predicted octanol–water partition coefficient (Wildman–Crippen LogP) is 3.48. The van der Waals surface area contributed by atoms with E-state index in [2.05, 4.69) is 11.1 Å². The summed E-state index contributed by atoms with van der Waals surface area (Å²) < 4.78 is 5.85. The smallest absolute Gasteiger partial charge is 0.145 e. The van der Waals surface area contributed by atoms with Crippen molar-refractivity contribution in [3.63, 3.8) is 0 Å². The van der Waals surface area contributed by atoms with Crippen molar-refractivity contribution in [1.29, 1.82) is 5.26 Å². The van der Waals surface area contributed by atoms with Gasteiger partial charge in [0.1, 0.15) is 17.6 Å². The van der Waals surface area contributed by atoms with Crippen LogP contribution in [-0.2, 0) is 0 Å². The van der Waals surface area contributed by atoms with E-state index < -0.39 is 0 Å². The van der Waals surface area contributed by atoms with Gasteiger partial charge in [-0.05, 0) is 36.4 Å². The number of anilines is 1. The molecule has 2 N–H and O–H groups in total. The maximum Gasteiger partial charge on any atom is 0.145 e. The minimum absolute atomic E-state index is 0.493. The van der Waals surface area contributed by atoms with Crippen LogP contribution in [0.5, 0.6) is 11.5 Å². The molecule has 2 aromatic carbocycles. The molecule has 0 aliphatic rings. The fourth-order valence-corrected chi connectivity index (χ4v) is 1.99. The van der Waals surface area contributed by atoms with Crippen LogP contribution in [0.15, 0.2) is 54.7 Å². The number of hydrogen-bond donors (Lipinski definition) is 1. The maximum atomic E-state index is 9.09. The quantitative estimate of drug-likeness (QED) is 0.717. The highest BCUT2D eigenvalue weighted by Gasteiger charge is 2.07. The van der Waals surface area contributed by atoms with Gasteiger partial charge in [0.05, 0.1) is 11.1 Å². The van der Waals surface area contributed by atoms with Crippen molar-refractivity contribution in [3.8, 4) is 17.6 Å². The Morgan fingerprint density at radius 3 is 2.75 bits per heavy atom. The second-order valence-electron chi connectivity index (χ2n) is 4.30. The number of ether oxygens (including phenoxy) is 1. The van der Waals surface area contributed by atoms with Gasteiger partial charge in [-0.15, -0.1) is 0 Å². The summed E-state index contributed by atoms with van der Waals surface area (Å²) in [6, 6.07) is 16.5. The molecule has 0 unspecified atom stereocenters. The van der Waals surface area contributed by atoms with Crippen molar-refractivity contribution in [3.05, 3.63) is 60.3 Å². The topological polar surface area (TPSA) is 71.9 Å². The van der Waals surface area contributed by atoms with E-state index in [-0.39, 0.29) is 0 Å². The molecule has 3 aromatic rings. The molecule has 0 amide bonds. The molecule has 4 nitrogen and oxygen atoms in total. The lowest BCUT2D eigenvalue weighted by Crippen LogP contribution is -1.91. The molecule has 0 fully saturated rings. The molecule has 0 bridgehead atoms. The van der Waals surface area contributed by atoms with Crippen LogP contribution in [0.4, 0.5) is 5.69 Å². The van der Waals surface area contributed by atoms with Gasteiger partial charge in [0.15, 0.2) is 0 Å². The Hall–Kier alpha value is -3.06. The highest BCUT2D eigenvalue weighted by Crippen LogP contribution is 2.31. The van der Waals surface area contributed by atoms with Gasteiger partial charge in [0, 0.05) is 17.3 Å². The van der Waals surface area contributed by atoms with Crippen LogP contribution in [-0.4, -0.2) is 4.98 Å². The van der Waals surface area contributed by atoms with Gasteiger partial charge in [-0.2, -0.15) is 5.26 Å². The second kappa shape index (κ2) is 4.90. The second-order valence-corrected chi connectivity index (χ2v) is 4.30. The average Bonchev–Trinajstić information content (AvgIpc) is 2.47. The normalized spacial score (nSPS) is 10.2. The van der Waals surface area contributed by atoms with Gasteiger partial charge >= 0.3 is 0 Å². The number of nitrogen functional groups attached to an aromatic ring is 1. The van der Waals surface area contributed by atoms with E-state index in [4.69, 9.17) is 15.7 Å². The Morgan fingerprint density at radius 2 is 1.90 bits per heavy atom. The van der Waals surface area contributed by atoms with Crippen LogP contribution in [0.1, 0.15) is 5.56 Å². The molecular weight excluding hydrogens is 250 g/mol. The summed E-state index contributed by atoms with van der Waals surface area (Å²) in [6.45, 7) is 0. The van der Waals surface area contributed by atoms with Crippen molar-refractivity contribution in [2.75, 3.05) is 5.73 Å². The SMILES string of the molecule is N#Cc1ccccc1Oc1ccnc2cc(N)ccc12. The van der Waals surface area contributed by atoms with Crippen molar-refractivity contribution in [2.45, 2.75) is 0 Å². The van der Waals surface area contributed by atoms with E-state index in [1.807, 2.05) is 12.1 Å². The number of benzene rings is 2. The van der Waals surface area contributed by atoms with Gasteiger partial charge in [-0.3, -0.25) is 4.98 Å². The first kappa shape index (κ1) is 12.0. The number of aromatic nitrogens is 1. The number of fused-ring (bicyclic) bond motifs is 1. The highest BCUT2D eigenvalue weighted by molar-refractivity contribution is 5.87. The van der Waals surface area contributed by atoms with Crippen molar-refractivity contribution < 1.29 is 4.74 Å². The summed E-state index contributed by atoms with van der Waals surface area (Å²) in [5.74, 6) is 1.18. The third kappa shape index (κ3) is 2.13. The molecule has 0 aliphatic carbocycles. The molecule has 1 heterocycles. The number of nitriles is 1. The van der Waals surface area contributed by atoms with Gasteiger partial charge in [-0.1, -0.05) is 12.1 Å². The molecule has 0 aliphatic heterocycles. The Labute approximate surface area is 116 Å². The number of nitrogens with zero attached hydrogens (tertiary/aromatic N) is 2. The lowest BCUT2D eigenvalue weighted by Gasteiger charge is -2.09. The average molecular weight is 261 g/mol. The van der Waals surface area contributed by atoms with Gasteiger partial charge in [0.2, 0.25) is 0 Å². The Balaban J connectivity index is 2.10. The molecule has 4 heteroatoms. The fourth-order valence-electron chi connectivity index (χ4n) is 1.99. The van der Waals surface area contributed by atoms with Crippen LogP contribution in [0.2, 0.25) is 0 Å². The van der Waals surface area contributed by atoms with Gasteiger partial charge in [-0.25, -0.2) is 0 Å². The van der Waals surface area contributed by atoms with E-state index in [0.29, 0.717) is 22.7 Å². The molecule has 96 valence electrons. The van der Waals surface area contributed by atoms with E-state index in [1.54, 1.807) is 42.6 Å². The van der Waals surface area contributed by atoms with Gasteiger partial charge in [0.25, 0.3) is 0 Å². The fraction of sp³-hybridized carbons (Fsp3) is 0. The first-order valence-corrected chi connectivity index (χ1v) is 6.09. The summed E-state index contributed by atoms with van der Waals surface area (Å²) in [4.78, 5) is 4.26. The highest BCUT2D eigenvalue weighted by atomic mass is 16.5. The number of rotatable bonds is 2. The van der Waals surface area contributed by atoms with Crippen LogP contribution < -0.4 is 10.5 Å². The lowest BCUT2D eigenvalue weighted by molar-refractivity contribution is 0.486. The van der Waals surface area contributed by atoms with Crippen molar-refractivity contribution in [1.82, 2.24) is 4.98 Å². The minimum Gasteiger partial charge on any atom is -0.455 e. The zero-order valence-corrected chi connectivity index (χ0v) is 10.6. The first-order chi connectivity index (χ1) is 9.78. The Morgan fingerprint density at radius 1 is 1.05 bits per heavy atom. The zero-order chi connectivity index (χ0) is 13.9. The summed E-state index contributed by atoms with van der Waals surface area (Å²) in [6.07, 6.45) is 1.66. The standard InChI is InChI=1S/C16H11N3O/c17-10-11-3-1-2-4-15(11)20-16-7-8-19-14-9-12(18)5-6-13(14)16/h1-9H,18H2. The monoisotopic (exact) mass is 261 g/mol. The zero-order valence-electron chi connectivity index (χ0n) is 10.6. The number of hydrogen-bond acceptors (Lipinski definition) is 4. The minimum atomic E-state index is 0.493. The number of para-hydroxylation sites is 1. The Bertz CT molecular complexity index is 821. The van der Waals surface area contributed by atoms with E-state index >= 15 is 0 Å². The molecule has 1 aromatic heterocycles. The molecule has 0 atom stereocenters. The van der Waals surface area contributed by atoms with Crippen molar-refractivity contribution in [2.24, 2.45) is 0 Å². The third-order valence-corrected chi connectivity index (χ3v) is 2.95. The predicted molar refractivity (Wildman–Crippen MR) is 77.4 cm³/mol. The molecule has 0 radical (unpaired) electrons. The van der Waals surface area contributed by atoms with Crippen LogP contribution in [0.25, 0.3) is 10.9 Å². The molecule has 0 saturated carbocycles. The number of nitrogens with two attached hydrogens (primary N) is 1. The maximum absolute atomic E-state index is 9.09. The van der Waals surface area contributed by atoms with E-state index in [0.717, 1.165) is 10.9 Å². The summed E-state index contributed by atoms with van der Waals surface area (Å²) >= 11 is 0. The summed E-state index contributed by atoms with van der Waals surface area (Å²) in [7, 11) is 0. The van der Waals surface area contributed by atoms with Crippen LogP contribution >= 0.6 is 0 Å². The Kier molecular flexibility index (Phi) is 2.94. The van der Waals surface area contributed by atoms with Crippen LogP contribution in [0, 0.1) is 11.3 Å². The van der Waals surface area contributed by atoms with E-state index in [1.165, 1.54) is 0 Å². The largest absolute Gasteiger partial charge is 0.455 e. The summed E-state index contributed by atoms with van der Waals surface area (Å²) in [5, 5.41) is 9.94. The molecular formula is C16H11N3O. The lowest BCUT2D eigenvalue weighted by atomic mass is 10.2. The molecule has 0 saturated heterocycles. The number of pyridine rings is 1. The molecule has 20 heavy (non-hydrogen) atoms. The van der Waals surface area contributed by atoms with Crippen LogP contribution in [0.3, 0.4) is 0 Å². The molecule has 0 spiro atoms. The van der Waals surface area contributed by atoms with Crippen molar-refractivity contribution >= 4 is 16.6 Å². The third-order valence-electron chi connectivity index (χ3n) is 2.95. The first-order valence-electron chi connectivity index (χ1n) is 6.09. The van der Waals surface area contributed by atoms with Gasteiger partial charge < -0.3 is 10.5 Å².